The molecule has 0 bridgehead atoms. The van der Waals surface area contributed by atoms with Crippen LogP contribution in [0, 0.1) is 0 Å². The first-order chi connectivity index (χ1) is 17.8. The Hall–Kier alpha value is -4.89. The molecular formula is C33H23N3. The molecule has 0 atom stereocenters. The molecule has 0 aliphatic heterocycles. The third-order valence-corrected chi connectivity index (χ3v) is 6.15. The van der Waals surface area contributed by atoms with E-state index < -0.39 is 0 Å². The Morgan fingerprint density at radius 3 is 1.08 bits per heavy atom. The lowest BCUT2D eigenvalue weighted by molar-refractivity contribution is 1.07. The summed E-state index contributed by atoms with van der Waals surface area (Å²) in [5.74, 6) is 1.97. The van der Waals surface area contributed by atoms with Crippen LogP contribution in [0.15, 0.2) is 140 Å². The van der Waals surface area contributed by atoms with Crippen LogP contribution in [-0.2, 0) is 0 Å². The third kappa shape index (κ3) is 4.42. The molecule has 1 aromatic heterocycles. The van der Waals surface area contributed by atoms with E-state index in [2.05, 4.69) is 66.7 Å². The van der Waals surface area contributed by atoms with Crippen molar-refractivity contribution in [2.45, 2.75) is 0 Å². The van der Waals surface area contributed by atoms with Gasteiger partial charge in [-0.15, -0.1) is 0 Å². The number of nitrogens with zero attached hydrogens (tertiary/aromatic N) is 3. The minimum atomic E-state index is 0.652. The van der Waals surface area contributed by atoms with E-state index in [1.807, 2.05) is 72.8 Å². The second-order valence-corrected chi connectivity index (χ2v) is 8.53. The molecule has 5 aromatic carbocycles. The zero-order valence-electron chi connectivity index (χ0n) is 19.6. The van der Waals surface area contributed by atoms with Gasteiger partial charge in [0.2, 0.25) is 0 Å². The summed E-state index contributed by atoms with van der Waals surface area (Å²) in [5, 5.41) is 0. The first kappa shape index (κ1) is 21.6. The van der Waals surface area contributed by atoms with Gasteiger partial charge in [-0.25, -0.2) is 15.0 Å². The van der Waals surface area contributed by atoms with E-state index in [0.29, 0.717) is 17.5 Å². The Balaban J connectivity index is 1.55. The van der Waals surface area contributed by atoms with Crippen LogP contribution in [0.25, 0.3) is 56.4 Å². The largest absolute Gasteiger partial charge is 0.208 e. The summed E-state index contributed by atoms with van der Waals surface area (Å²) >= 11 is 0. The molecule has 6 rings (SSSR count). The Morgan fingerprint density at radius 1 is 0.278 bits per heavy atom. The van der Waals surface area contributed by atoms with Crippen molar-refractivity contribution in [3.63, 3.8) is 0 Å². The van der Waals surface area contributed by atoms with E-state index in [4.69, 9.17) is 15.0 Å². The van der Waals surface area contributed by atoms with Gasteiger partial charge < -0.3 is 0 Å². The van der Waals surface area contributed by atoms with E-state index >= 15 is 0 Å². The molecule has 6 aromatic rings. The summed E-state index contributed by atoms with van der Waals surface area (Å²) < 4.78 is 0. The maximum Gasteiger partial charge on any atom is 0.164 e. The highest BCUT2D eigenvalue weighted by Gasteiger charge is 2.15. The minimum Gasteiger partial charge on any atom is -0.208 e. The molecule has 170 valence electrons. The highest BCUT2D eigenvalue weighted by atomic mass is 15.0. The fourth-order valence-electron chi connectivity index (χ4n) is 4.35. The van der Waals surface area contributed by atoms with Gasteiger partial charge in [-0.1, -0.05) is 133 Å². The molecule has 0 radical (unpaired) electrons. The first-order valence-corrected chi connectivity index (χ1v) is 12.0. The summed E-state index contributed by atoms with van der Waals surface area (Å²) in [6.45, 7) is 0. The molecule has 0 saturated carbocycles. The number of aromatic nitrogens is 3. The zero-order chi connectivity index (χ0) is 24.2. The maximum atomic E-state index is 4.91. The average Bonchev–Trinajstić information content (AvgIpc) is 2.98. The van der Waals surface area contributed by atoms with Gasteiger partial charge in [-0.3, -0.25) is 0 Å². The molecule has 3 heteroatoms. The van der Waals surface area contributed by atoms with Gasteiger partial charge in [0.15, 0.2) is 17.5 Å². The first-order valence-electron chi connectivity index (χ1n) is 12.0. The van der Waals surface area contributed by atoms with Crippen LogP contribution in [0.1, 0.15) is 0 Å². The SMILES string of the molecule is c1ccc(-c2nc(-c3ccccc3)nc(-c3ccc(-c4ccccc4)c(-c4ccccc4)c3)n2)cc1. The van der Waals surface area contributed by atoms with Gasteiger partial charge in [-0.05, 0) is 28.3 Å². The molecular weight excluding hydrogens is 438 g/mol. The van der Waals surface area contributed by atoms with Crippen molar-refractivity contribution in [2.24, 2.45) is 0 Å². The molecule has 0 fully saturated rings. The van der Waals surface area contributed by atoms with Gasteiger partial charge in [0.25, 0.3) is 0 Å². The summed E-state index contributed by atoms with van der Waals surface area (Å²) in [4.78, 5) is 14.7. The van der Waals surface area contributed by atoms with Crippen LogP contribution in [0.2, 0.25) is 0 Å². The van der Waals surface area contributed by atoms with Crippen molar-refractivity contribution in [1.82, 2.24) is 15.0 Å². The molecule has 0 saturated heterocycles. The van der Waals surface area contributed by atoms with Crippen molar-refractivity contribution < 1.29 is 0 Å². The van der Waals surface area contributed by atoms with Gasteiger partial charge >= 0.3 is 0 Å². The van der Waals surface area contributed by atoms with Crippen molar-refractivity contribution in [1.29, 1.82) is 0 Å². The number of rotatable bonds is 5. The molecule has 0 amide bonds. The Morgan fingerprint density at radius 2 is 0.639 bits per heavy atom. The molecule has 0 spiro atoms. The van der Waals surface area contributed by atoms with Crippen LogP contribution >= 0.6 is 0 Å². The lowest BCUT2D eigenvalue weighted by atomic mass is 9.92. The van der Waals surface area contributed by atoms with E-state index in [-0.39, 0.29) is 0 Å². The summed E-state index contributed by atoms with van der Waals surface area (Å²) in [6, 6.07) is 47.5. The Bertz CT molecular complexity index is 1540. The van der Waals surface area contributed by atoms with Crippen LogP contribution in [0.5, 0.6) is 0 Å². The summed E-state index contributed by atoms with van der Waals surface area (Å²) in [5.41, 5.74) is 7.51. The van der Waals surface area contributed by atoms with Crippen LogP contribution in [0.4, 0.5) is 0 Å². The van der Waals surface area contributed by atoms with Crippen LogP contribution in [0.3, 0.4) is 0 Å². The van der Waals surface area contributed by atoms with Gasteiger partial charge in [-0.2, -0.15) is 0 Å². The van der Waals surface area contributed by atoms with E-state index in [1.54, 1.807) is 0 Å². The van der Waals surface area contributed by atoms with Crippen molar-refractivity contribution in [2.75, 3.05) is 0 Å². The topological polar surface area (TPSA) is 38.7 Å². The van der Waals surface area contributed by atoms with Crippen molar-refractivity contribution in [3.8, 4) is 56.4 Å². The number of hydrogen-bond acceptors (Lipinski definition) is 3. The fourth-order valence-corrected chi connectivity index (χ4v) is 4.35. The normalized spacial score (nSPS) is 10.8. The van der Waals surface area contributed by atoms with Gasteiger partial charge in [0.1, 0.15) is 0 Å². The minimum absolute atomic E-state index is 0.652. The molecule has 1 heterocycles. The van der Waals surface area contributed by atoms with Crippen molar-refractivity contribution >= 4 is 0 Å². The highest BCUT2D eigenvalue weighted by molar-refractivity contribution is 5.86. The molecule has 0 aliphatic carbocycles. The second-order valence-electron chi connectivity index (χ2n) is 8.53. The van der Waals surface area contributed by atoms with Crippen LogP contribution < -0.4 is 0 Å². The smallest absolute Gasteiger partial charge is 0.164 e. The van der Waals surface area contributed by atoms with Crippen molar-refractivity contribution in [3.05, 3.63) is 140 Å². The van der Waals surface area contributed by atoms with Gasteiger partial charge in [0, 0.05) is 16.7 Å². The summed E-state index contributed by atoms with van der Waals surface area (Å²) in [7, 11) is 0. The highest BCUT2D eigenvalue weighted by Crippen LogP contribution is 2.35. The quantitative estimate of drug-likeness (QED) is 0.260. The predicted octanol–water partition coefficient (Wildman–Crippen LogP) is 8.21. The summed E-state index contributed by atoms with van der Waals surface area (Å²) in [6.07, 6.45) is 0. The van der Waals surface area contributed by atoms with E-state index in [0.717, 1.165) is 27.8 Å². The fraction of sp³-hybridized carbons (Fsp3) is 0. The molecule has 0 unspecified atom stereocenters. The number of hydrogen-bond donors (Lipinski definition) is 0. The lowest BCUT2D eigenvalue weighted by Crippen LogP contribution is -2.00. The molecule has 36 heavy (non-hydrogen) atoms. The Kier molecular flexibility index (Phi) is 5.87. The zero-order valence-corrected chi connectivity index (χ0v) is 19.6. The molecule has 0 N–H and O–H groups in total. The molecule has 3 nitrogen and oxygen atoms in total. The standard InChI is InChI=1S/C33H23N3/c1-5-13-24(14-6-1)29-22-21-28(23-30(29)25-15-7-2-8-16-25)33-35-31(26-17-9-3-10-18-26)34-32(36-33)27-19-11-4-12-20-27/h1-23H. The Labute approximate surface area is 210 Å². The van der Waals surface area contributed by atoms with E-state index in [1.165, 1.54) is 11.1 Å². The van der Waals surface area contributed by atoms with Gasteiger partial charge in [0.05, 0.1) is 0 Å². The number of benzene rings is 5. The monoisotopic (exact) mass is 461 g/mol. The average molecular weight is 462 g/mol. The predicted molar refractivity (Wildman–Crippen MR) is 147 cm³/mol. The molecule has 0 aliphatic rings. The second kappa shape index (κ2) is 9.77. The van der Waals surface area contributed by atoms with Crippen LogP contribution in [-0.4, -0.2) is 15.0 Å². The lowest BCUT2D eigenvalue weighted by Gasteiger charge is -2.13. The van der Waals surface area contributed by atoms with E-state index in [9.17, 15) is 0 Å². The third-order valence-electron chi connectivity index (χ3n) is 6.15. The maximum absolute atomic E-state index is 4.91.